The van der Waals surface area contributed by atoms with Crippen LogP contribution in [0.2, 0.25) is 0 Å². The minimum absolute atomic E-state index is 0.0495. The van der Waals surface area contributed by atoms with Crippen LogP contribution < -0.4 is 0 Å². The highest BCUT2D eigenvalue weighted by molar-refractivity contribution is 5.69. The van der Waals surface area contributed by atoms with E-state index in [1.165, 1.54) is 25.7 Å². The Morgan fingerprint density at radius 3 is 2.39 bits per heavy atom. The van der Waals surface area contributed by atoms with Gasteiger partial charge in [-0.1, -0.05) is 41.5 Å². The Kier molecular flexibility index (Phi) is 9.18. The molecule has 0 aromatic rings. The van der Waals surface area contributed by atoms with Crippen LogP contribution in [0.5, 0.6) is 0 Å². The molecule has 0 aromatic heterocycles. The first-order valence-electron chi connectivity index (χ1n) is 20.9. The van der Waals surface area contributed by atoms with Gasteiger partial charge in [0.25, 0.3) is 0 Å². The quantitative estimate of drug-likeness (QED) is 0.302. The van der Waals surface area contributed by atoms with Crippen LogP contribution in [0.15, 0.2) is 0 Å². The number of aliphatic hydroxyl groups excluding tert-OH is 1. The molecule has 9 nitrogen and oxygen atoms in total. The second-order valence-electron chi connectivity index (χ2n) is 20.2. The molecule has 290 valence electrons. The number of morpholine rings is 1. The zero-order chi connectivity index (χ0) is 36.4. The number of hydrogen-bond acceptors (Lipinski definition) is 9. The van der Waals surface area contributed by atoms with Crippen molar-refractivity contribution in [1.29, 1.82) is 0 Å². The summed E-state index contributed by atoms with van der Waals surface area (Å²) in [6.07, 6.45) is 9.25. The third-order valence-corrected chi connectivity index (χ3v) is 17.4. The van der Waals surface area contributed by atoms with Crippen LogP contribution in [-0.2, 0) is 28.5 Å². The molecule has 14 atom stereocenters. The Balaban J connectivity index is 1.01. The molecule has 3 aliphatic heterocycles. The molecule has 8 rings (SSSR count). The standard InChI is InChI=1S/C42H69NO8/c1-9-31(44)51-36(38(5,6)46)27-22-25(2)33-34(49-27)35(45)40(8)29-11-10-28-37(3,4)30(12-15-41(28)24-42(29,41)17-16-39(33,40)7)50-32-23-43(18-21-48-32)26-13-19-47-20-14-26/h25-30,32-36,45-46H,9-24H2,1-8H3/t25-,27-,28+,29+,30+,32+,33?,34+,35+,36+,39-,40-,41-,42+/m1/s1. The molecule has 8 aliphatic rings. The van der Waals surface area contributed by atoms with Gasteiger partial charge in [-0.2, -0.15) is 0 Å². The van der Waals surface area contributed by atoms with Gasteiger partial charge in [-0.05, 0) is 123 Å². The van der Waals surface area contributed by atoms with Crippen molar-refractivity contribution in [3.63, 3.8) is 0 Å². The number of hydrogen-bond donors (Lipinski definition) is 2. The zero-order valence-corrected chi connectivity index (χ0v) is 33.0. The lowest BCUT2D eigenvalue weighted by Crippen LogP contribution is -2.60. The number of carbonyl (C=O) groups is 1. The van der Waals surface area contributed by atoms with Gasteiger partial charge in [0.05, 0.1) is 36.6 Å². The third-order valence-electron chi connectivity index (χ3n) is 17.4. The number of rotatable bonds is 7. The first kappa shape index (κ1) is 37.1. The van der Waals surface area contributed by atoms with Gasteiger partial charge in [-0.3, -0.25) is 9.69 Å². The summed E-state index contributed by atoms with van der Waals surface area (Å²) < 4.78 is 31.7. The molecule has 2 spiro atoms. The van der Waals surface area contributed by atoms with E-state index in [0.717, 1.165) is 65.0 Å². The van der Waals surface area contributed by atoms with Crippen LogP contribution in [0, 0.1) is 50.7 Å². The highest BCUT2D eigenvalue weighted by atomic mass is 16.7. The topological polar surface area (TPSA) is 107 Å². The van der Waals surface area contributed by atoms with E-state index >= 15 is 0 Å². The molecule has 0 radical (unpaired) electrons. The smallest absolute Gasteiger partial charge is 0.305 e. The van der Waals surface area contributed by atoms with Crippen molar-refractivity contribution in [2.24, 2.45) is 50.7 Å². The van der Waals surface area contributed by atoms with Gasteiger partial charge in [0, 0.05) is 44.2 Å². The summed E-state index contributed by atoms with van der Waals surface area (Å²) >= 11 is 0. The summed E-state index contributed by atoms with van der Waals surface area (Å²) in [6, 6.07) is 0.576. The molecule has 3 heterocycles. The largest absolute Gasteiger partial charge is 0.457 e. The maximum absolute atomic E-state index is 12.7. The second-order valence-corrected chi connectivity index (χ2v) is 20.2. The lowest BCUT2D eigenvalue weighted by Gasteiger charge is -2.64. The molecule has 3 saturated heterocycles. The fraction of sp³-hybridized carbons (Fsp3) is 0.976. The predicted octanol–water partition coefficient (Wildman–Crippen LogP) is 6.12. The first-order valence-corrected chi connectivity index (χ1v) is 20.9. The average Bonchev–Trinajstić information content (AvgIpc) is 3.73. The third kappa shape index (κ3) is 5.34. The van der Waals surface area contributed by atoms with Gasteiger partial charge in [-0.25, -0.2) is 0 Å². The summed E-state index contributed by atoms with van der Waals surface area (Å²) in [5.74, 6) is 1.21. The fourth-order valence-electron chi connectivity index (χ4n) is 14.9. The summed E-state index contributed by atoms with van der Waals surface area (Å²) in [7, 11) is 0. The molecule has 5 saturated carbocycles. The highest BCUT2D eigenvalue weighted by Crippen LogP contribution is 2.89. The average molecular weight is 716 g/mol. The molecule has 5 aliphatic carbocycles. The summed E-state index contributed by atoms with van der Waals surface area (Å²) in [5, 5.41) is 23.8. The van der Waals surface area contributed by atoms with Crippen molar-refractivity contribution < 1.29 is 38.7 Å². The minimum atomic E-state index is -1.25. The van der Waals surface area contributed by atoms with E-state index in [-0.39, 0.29) is 64.4 Å². The van der Waals surface area contributed by atoms with Crippen molar-refractivity contribution in [2.45, 2.75) is 174 Å². The molecule has 2 N–H and O–H groups in total. The first-order chi connectivity index (χ1) is 24.0. The van der Waals surface area contributed by atoms with Gasteiger partial charge in [0.15, 0.2) is 12.4 Å². The molecule has 9 heteroatoms. The predicted molar refractivity (Wildman–Crippen MR) is 193 cm³/mol. The van der Waals surface area contributed by atoms with Crippen molar-refractivity contribution >= 4 is 5.97 Å². The molecule has 8 fully saturated rings. The van der Waals surface area contributed by atoms with E-state index in [0.29, 0.717) is 29.7 Å². The van der Waals surface area contributed by atoms with E-state index < -0.39 is 23.9 Å². The number of fused-ring (bicyclic) bond motifs is 4. The van der Waals surface area contributed by atoms with Gasteiger partial charge < -0.3 is 33.9 Å². The number of aliphatic hydroxyl groups is 2. The van der Waals surface area contributed by atoms with E-state index in [1.54, 1.807) is 20.8 Å². The summed E-state index contributed by atoms with van der Waals surface area (Å²) in [6.45, 7) is 21.7. The number of nitrogens with zero attached hydrogens (tertiary/aromatic N) is 1. The Hall–Kier alpha value is -0.810. The van der Waals surface area contributed by atoms with Gasteiger partial charge >= 0.3 is 5.97 Å². The molecule has 1 unspecified atom stereocenters. The Morgan fingerprint density at radius 2 is 1.69 bits per heavy atom. The van der Waals surface area contributed by atoms with E-state index in [9.17, 15) is 15.0 Å². The number of esters is 1. The molecular formula is C42H69NO8. The minimum Gasteiger partial charge on any atom is -0.457 e. The molecule has 0 amide bonds. The normalized spacial score (nSPS) is 50.2. The SMILES string of the molecule is CCC(=O)O[C@@H]([C@H]1C[C@@H](C)C2[C@H](O1)[C@H](O)[C@@]1(C)[C@@H]3CC[C@H]4C(C)(C)[C@@H](O[C@H]5CN(C6CCOCC6)CCO5)CC[C@@]45C[C@@]35CC[C@]21C)C(C)(C)O. The Morgan fingerprint density at radius 1 is 0.980 bits per heavy atom. The lowest BCUT2D eigenvalue weighted by molar-refractivity contribution is -0.252. The van der Waals surface area contributed by atoms with Gasteiger partial charge in [0.1, 0.15) is 0 Å². The summed E-state index contributed by atoms with van der Waals surface area (Å²) in [4.78, 5) is 15.1. The fourth-order valence-corrected chi connectivity index (χ4v) is 14.9. The molecular weight excluding hydrogens is 646 g/mol. The Bertz CT molecular complexity index is 1330. The van der Waals surface area contributed by atoms with Gasteiger partial charge in [-0.15, -0.1) is 0 Å². The number of ether oxygens (including phenoxy) is 5. The van der Waals surface area contributed by atoms with Gasteiger partial charge in [0.2, 0.25) is 0 Å². The summed E-state index contributed by atoms with van der Waals surface area (Å²) in [5.41, 5.74) is -0.955. The lowest BCUT2D eigenvalue weighted by atomic mass is 9.41. The van der Waals surface area contributed by atoms with E-state index in [4.69, 9.17) is 23.7 Å². The van der Waals surface area contributed by atoms with Crippen LogP contribution in [0.4, 0.5) is 0 Å². The van der Waals surface area contributed by atoms with Crippen molar-refractivity contribution in [3.8, 4) is 0 Å². The zero-order valence-electron chi connectivity index (χ0n) is 33.0. The number of carbonyl (C=O) groups excluding carboxylic acids is 1. The molecule has 0 bridgehead atoms. The van der Waals surface area contributed by atoms with Crippen molar-refractivity contribution in [3.05, 3.63) is 0 Å². The maximum atomic E-state index is 12.7. The second kappa shape index (κ2) is 12.6. The monoisotopic (exact) mass is 716 g/mol. The van der Waals surface area contributed by atoms with Crippen LogP contribution in [0.3, 0.4) is 0 Å². The van der Waals surface area contributed by atoms with E-state index in [1.807, 2.05) is 0 Å². The van der Waals surface area contributed by atoms with Crippen molar-refractivity contribution in [1.82, 2.24) is 4.90 Å². The van der Waals surface area contributed by atoms with Crippen LogP contribution >= 0.6 is 0 Å². The maximum Gasteiger partial charge on any atom is 0.305 e. The van der Waals surface area contributed by atoms with Crippen LogP contribution in [-0.4, -0.2) is 102 Å². The molecule has 0 aromatic carbocycles. The van der Waals surface area contributed by atoms with E-state index in [2.05, 4.69) is 39.5 Å². The van der Waals surface area contributed by atoms with Crippen molar-refractivity contribution in [2.75, 3.05) is 32.9 Å². The van der Waals surface area contributed by atoms with Crippen LogP contribution in [0.25, 0.3) is 0 Å². The van der Waals surface area contributed by atoms with Crippen LogP contribution in [0.1, 0.15) is 126 Å². The highest BCUT2D eigenvalue weighted by Gasteiger charge is 2.84. The molecule has 51 heavy (non-hydrogen) atoms. The Labute approximate surface area is 307 Å².